The molecule has 9 heteroatoms. The number of alkyl halides is 3. The smallest absolute Gasteiger partial charge is 0.394 e. The molecule has 1 heterocycles. The molecule has 0 aliphatic heterocycles. The Morgan fingerprint density at radius 1 is 1.41 bits per heavy atom. The highest BCUT2D eigenvalue weighted by molar-refractivity contribution is 5.89. The number of urea groups is 1. The first-order valence-electron chi connectivity index (χ1n) is 6.56. The number of hydrogen-bond donors (Lipinski definition) is 3. The summed E-state index contributed by atoms with van der Waals surface area (Å²) in [6.45, 7) is 1.59. The molecule has 0 saturated carbocycles. The zero-order chi connectivity index (χ0) is 17.0. The number of halogens is 3. The molecule has 0 aromatic carbocycles. The van der Waals surface area contributed by atoms with Gasteiger partial charge >= 0.3 is 12.2 Å². The number of aliphatic hydroxyl groups is 1. The summed E-state index contributed by atoms with van der Waals surface area (Å²) in [5, 5.41) is 13.9. The van der Waals surface area contributed by atoms with E-state index >= 15 is 0 Å². The largest absolute Gasteiger partial charge is 0.406 e. The van der Waals surface area contributed by atoms with Crippen LogP contribution in [0.3, 0.4) is 0 Å². The standard InChI is InChI=1S/C13H18F3N3O3/c1-3-12(2,8-20)18-11(22)17-9-5-4-6-19(10(9)21)7-13(14,15)16/h4-6,20H,3,7-8H2,1-2H3,(H2,17,18,22). The second kappa shape index (κ2) is 6.82. The first kappa shape index (κ1) is 18.0. The van der Waals surface area contributed by atoms with Crippen LogP contribution in [0.4, 0.5) is 23.7 Å². The van der Waals surface area contributed by atoms with Crippen molar-refractivity contribution in [1.29, 1.82) is 0 Å². The molecule has 124 valence electrons. The molecule has 0 fully saturated rings. The number of nitrogens with zero attached hydrogens (tertiary/aromatic N) is 1. The summed E-state index contributed by atoms with van der Waals surface area (Å²) in [5.41, 5.74) is -2.12. The summed E-state index contributed by atoms with van der Waals surface area (Å²) in [7, 11) is 0. The molecule has 1 rings (SSSR count). The predicted octanol–water partition coefficient (Wildman–Crippen LogP) is 1.69. The maximum absolute atomic E-state index is 12.3. The molecule has 3 N–H and O–H groups in total. The Bertz CT molecular complexity index is 580. The lowest BCUT2D eigenvalue weighted by molar-refractivity contribution is -0.141. The van der Waals surface area contributed by atoms with Gasteiger partial charge in [0.1, 0.15) is 12.2 Å². The van der Waals surface area contributed by atoms with Gasteiger partial charge in [-0.2, -0.15) is 13.2 Å². The maximum Gasteiger partial charge on any atom is 0.406 e. The molecule has 0 bridgehead atoms. The molecule has 2 amide bonds. The van der Waals surface area contributed by atoms with E-state index in [9.17, 15) is 27.9 Å². The van der Waals surface area contributed by atoms with Crippen molar-refractivity contribution >= 4 is 11.7 Å². The monoisotopic (exact) mass is 321 g/mol. The third-order valence-electron chi connectivity index (χ3n) is 3.16. The number of anilines is 1. The highest BCUT2D eigenvalue weighted by Gasteiger charge is 2.29. The Morgan fingerprint density at radius 3 is 2.55 bits per heavy atom. The van der Waals surface area contributed by atoms with Crippen LogP contribution in [0.2, 0.25) is 0 Å². The summed E-state index contributed by atoms with van der Waals surface area (Å²) < 4.78 is 37.5. The Kier molecular flexibility index (Phi) is 5.59. The fraction of sp³-hybridized carbons (Fsp3) is 0.538. The van der Waals surface area contributed by atoms with Crippen LogP contribution >= 0.6 is 0 Å². The van der Waals surface area contributed by atoms with Crippen LogP contribution in [0.25, 0.3) is 0 Å². The number of amides is 2. The van der Waals surface area contributed by atoms with Crippen LogP contribution in [0.15, 0.2) is 23.1 Å². The number of carbonyl (C=O) groups excluding carboxylic acids is 1. The van der Waals surface area contributed by atoms with Crippen LogP contribution in [0, 0.1) is 0 Å². The topological polar surface area (TPSA) is 83.4 Å². The van der Waals surface area contributed by atoms with Crippen molar-refractivity contribution in [2.45, 2.75) is 38.5 Å². The predicted molar refractivity (Wildman–Crippen MR) is 74.7 cm³/mol. The van der Waals surface area contributed by atoms with Crippen molar-refractivity contribution < 1.29 is 23.1 Å². The van der Waals surface area contributed by atoms with E-state index < -0.39 is 29.9 Å². The highest BCUT2D eigenvalue weighted by atomic mass is 19.4. The van der Waals surface area contributed by atoms with Crippen molar-refractivity contribution in [2.75, 3.05) is 11.9 Å². The first-order valence-corrected chi connectivity index (χ1v) is 6.56. The van der Waals surface area contributed by atoms with Gasteiger partial charge in [-0.3, -0.25) is 4.79 Å². The van der Waals surface area contributed by atoms with E-state index in [0.29, 0.717) is 11.0 Å². The summed E-state index contributed by atoms with van der Waals surface area (Å²) in [4.78, 5) is 23.6. The minimum Gasteiger partial charge on any atom is -0.394 e. The number of aromatic nitrogens is 1. The molecule has 0 aliphatic rings. The quantitative estimate of drug-likeness (QED) is 0.772. The van der Waals surface area contributed by atoms with Crippen molar-refractivity contribution in [3.63, 3.8) is 0 Å². The van der Waals surface area contributed by atoms with Gasteiger partial charge in [-0.25, -0.2) is 4.79 Å². The van der Waals surface area contributed by atoms with Crippen LogP contribution in [0.5, 0.6) is 0 Å². The summed E-state index contributed by atoms with van der Waals surface area (Å²) in [6.07, 6.45) is -3.12. The number of hydrogen-bond acceptors (Lipinski definition) is 3. The highest BCUT2D eigenvalue weighted by Crippen LogP contribution is 2.16. The van der Waals surface area contributed by atoms with Gasteiger partial charge < -0.3 is 20.3 Å². The Hall–Kier alpha value is -2.03. The number of carbonyl (C=O) groups is 1. The molecule has 6 nitrogen and oxygen atoms in total. The lowest BCUT2D eigenvalue weighted by Gasteiger charge is -2.27. The summed E-state index contributed by atoms with van der Waals surface area (Å²) in [6, 6.07) is 1.66. The molecule has 0 aliphatic carbocycles. The maximum atomic E-state index is 12.3. The van der Waals surface area contributed by atoms with Gasteiger partial charge in [0.15, 0.2) is 0 Å². The van der Waals surface area contributed by atoms with Crippen LogP contribution < -0.4 is 16.2 Å². The van der Waals surface area contributed by atoms with Gasteiger partial charge in [-0.15, -0.1) is 0 Å². The van der Waals surface area contributed by atoms with Crippen LogP contribution in [-0.4, -0.2) is 34.0 Å². The number of nitrogens with one attached hydrogen (secondary N) is 2. The Morgan fingerprint density at radius 2 is 2.05 bits per heavy atom. The lowest BCUT2D eigenvalue weighted by Crippen LogP contribution is -2.50. The average Bonchev–Trinajstić information content (AvgIpc) is 2.41. The van der Waals surface area contributed by atoms with E-state index in [1.807, 2.05) is 0 Å². The zero-order valence-electron chi connectivity index (χ0n) is 12.2. The number of pyridine rings is 1. The van der Waals surface area contributed by atoms with Crippen molar-refractivity contribution in [3.8, 4) is 0 Å². The van der Waals surface area contributed by atoms with Gasteiger partial charge in [-0.05, 0) is 25.5 Å². The first-order chi connectivity index (χ1) is 10.1. The molecular weight excluding hydrogens is 303 g/mol. The van der Waals surface area contributed by atoms with E-state index in [0.717, 1.165) is 6.20 Å². The van der Waals surface area contributed by atoms with Gasteiger partial charge in [0, 0.05) is 6.20 Å². The van der Waals surface area contributed by atoms with E-state index in [2.05, 4.69) is 10.6 Å². The van der Waals surface area contributed by atoms with Crippen LogP contribution in [-0.2, 0) is 6.54 Å². The number of rotatable bonds is 5. The third-order valence-corrected chi connectivity index (χ3v) is 3.16. The Balaban J connectivity index is 2.89. The van der Waals surface area contributed by atoms with Crippen molar-refractivity contribution in [3.05, 3.63) is 28.7 Å². The normalized spacial score (nSPS) is 14.3. The lowest BCUT2D eigenvalue weighted by atomic mass is 10.0. The summed E-state index contributed by atoms with van der Waals surface area (Å²) in [5.74, 6) is 0. The van der Waals surface area contributed by atoms with E-state index in [4.69, 9.17) is 0 Å². The second-order valence-corrected chi connectivity index (χ2v) is 5.12. The second-order valence-electron chi connectivity index (χ2n) is 5.12. The molecular formula is C13H18F3N3O3. The molecule has 0 radical (unpaired) electrons. The average molecular weight is 321 g/mol. The Labute approximate surface area is 124 Å². The molecule has 1 atom stereocenters. The van der Waals surface area contributed by atoms with E-state index in [1.165, 1.54) is 12.1 Å². The summed E-state index contributed by atoms with van der Waals surface area (Å²) >= 11 is 0. The van der Waals surface area contributed by atoms with Gasteiger partial charge in [0.2, 0.25) is 0 Å². The molecule has 0 spiro atoms. The number of aliphatic hydroxyl groups excluding tert-OH is 1. The third kappa shape index (κ3) is 5.06. The van der Waals surface area contributed by atoms with Gasteiger partial charge in [0.25, 0.3) is 5.56 Å². The minimum atomic E-state index is -4.54. The fourth-order valence-electron chi connectivity index (χ4n) is 1.62. The van der Waals surface area contributed by atoms with E-state index in [1.54, 1.807) is 13.8 Å². The fourth-order valence-corrected chi connectivity index (χ4v) is 1.62. The molecule has 1 aromatic heterocycles. The zero-order valence-corrected chi connectivity index (χ0v) is 12.2. The van der Waals surface area contributed by atoms with Crippen molar-refractivity contribution in [2.24, 2.45) is 0 Å². The van der Waals surface area contributed by atoms with Gasteiger partial charge in [0.05, 0.1) is 12.1 Å². The molecule has 22 heavy (non-hydrogen) atoms. The van der Waals surface area contributed by atoms with Crippen molar-refractivity contribution in [1.82, 2.24) is 9.88 Å². The van der Waals surface area contributed by atoms with Gasteiger partial charge in [-0.1, -0.05) is 6.92 Å². The van der Waals surface area contributed by atoms with E-state index in [-0.39, 0.29) is 12.3 Å². The minimum absolute atomic E-state index is 0.277. The SMILES string of the molecule is CCC(C)(CO)NC(=O)Nc1cccn(CC(F)(F)F)c1=O. The molecule has 1 aromatic rings. The molecule has 1 unspecified atom stereocenters. The van der Waals surface area contributed by atoms with Crippen LogP contribution in [0.1, 0.15) is 20.3 Å². The molecule has 0 saturated heterocycles.